The first-order chi connectivity index (χ1) is 3.48. The minimum atomic E-state index is -3.48. The van der Waals surface area contributed by atoms with Crippen molar-refractivity contribution in [3.8, 4) is 0 Å². The minimum absolute atomic E-state index is 0. The Morgan fingerprint density at radius 1 is 1.56 bits per heavy atom. The number of hydrogen-bond acceptors (Lipinski definition) is 3. The Labute approximate surface area is 53.4 Å². The second kappa shape index (κ2) is 3.76. The van der Waals surface area contributed by atoms with Crippen LogP contribution in [-0.4, -0.2) is 21.0 Å². The van der Waals surface area contributed by atoms with Gasteiger partial charge in [0.25, 0.3) is 0 Å². The van der Waals surface area contributed by atoms with Gasteiger partial charge in [-0.25, -0.2) is 13.6 Å². The Kier molecular flexibility index (Phi) is 4.83. The third-order valence-corrected chi connectivity index (χ3v) is 1.91. The fraction of sp³-hybridized carbons (Fsp3) is 1.00. The summed E-state index contributed by atoms with van der Waals surface area (Å²) in [5.41, 5.74) is -0.900. The van der Waals surface area contributed by atoms with Crippen LogP contribution in [0.3, 0.4) is 0 Å². The van der Waals surface area contributed by atoms with Crippen LogP contribution in [0.25, 0.3) is 0 Å². The van der Waals surface area contributed by atoms with Gasteiger partial charge in [-0.1, -0.05) is 0 Å². The normalized spacial score (nSPS) is 14.1. The number of halogens is 1. The maximum atomic E-state index is 10.2. The zero-order valence-electron chi connectivity index (χ0n) is 5.20. The summed E-state index contributed by atoms with van der Waals surface area (Å²) in [6.45, 7) is 1.37. The van der Waals surface area contributed by atoms with E-state index in [2.05, 4.69) is 9.88 Å². The molecule has 1 atom stereocenters. The minimum Gasteiger partial charge on any atom is -0.364 e. The van der Waals surface area contributed by atoms with E-state index in [1.54, 1.807) is 0 Å². The number of hydrogen-bond donors (Lipinski definition) is 1. The van der Waals surface area contributed by atoms with Gasteiger partial charge in [-0.15, -0.1) is 0 Å². The lowest BCUT2D eigenvalue weighted by molar-refractivity contribution is 0.178. The van der Waals surface area contributed by atoms with E-state index in [9.17, 15) is 8.42 Å². The van der Waals surface area contributed by atoms with Gasteiger partial charge in [0.05, 0.1) is 0 Å². The quantitative estimate of drug-likeness (QED) is 0.586. The molecule has 0 saturated heterocycles. The molecule has 0 aromatic carbocycles. The lowest BCUT2D eigenvalue weighted by atomic mass is 10.9. The predicted molar refractivity (Wildman–Crippen MR) is 32.1 cm³/mol. The molecular formula is C3H10FNO3S. The number of primary sulfonamides is 1. The maximum absolute atomic E-state index is 10.2. The first-order valence-electron chi connectivity index (χ1n) is 2.03. The van der Waals surface area contributed by atoms with E-state index in [0.29, 0.717) is 0 Å². The van der Waals surface area contributed by atoms with Crippen LogP contribution < -0.4 is 5.14 Å². The molecule has 1 unspecified atom stereocenters. The first-order valence-corrected chi connectivity index (χ1v) is 3.64. The van der Waals surface area contributed by atoms with E-state index >= 15 is 0 Å². The Balaban J connectivity index is 0. The summed E-state index contributed by atoms with van der Waals surface area (Å²) in [4.78, 5) is 0. The second-order valence-corrected chi connectivity index (χ2v) is 3.23. The van der Waals surface area contributed by atoms with E-state index in [0.717, 1.165) is 0 Å². The number of rotatable bonds is 2. The van der Waals surface area contributed by atoms with Gasteiger partial charge in [0, 0.05) is 7.11 Å². The zero-order valence-corrected chi connectivity index (χ0v) is 6.01. The summed E-state index contributed by atoms with van der Waals surface area (Å²) in [6, 6.07) is 0. The fourth-order valence-corrected chi connectivity index (χ4v) is 0.402. The highest BCUT2D eigenvalue weighted by atomic mass is 32.2. The summed E-state index contributed by atoms with van der Waals surface area (Å²) < 4.78 is 24.8. The van der Waals surface area contributed by atoms with Crippen LogP contribution in [0.2, 0.25) is 0 Å². The highest BCUT2D eigenvalue weighted by molar-refractivity contribution is 7.89. The van der Waals surface area contributed by atoms with Gasteiger partial charge >= 0.3 is 0 Å². The van der Waals surface area contributed by atoms with Crippen LogP contribution >= 0.6 is 0 Å². The van der Waals surface area contributed by atoms with Gasteiger partial charge in [0.15, 0.2) is 5.44 Å². The molecule has 0 saturated carbocycles. The van der Waals surface area contributed by atoms with Crippen LogP contribution in [0.5, 0.6) is 0 Å². The van der Waals surface area contributed by atoms with Crippen LogP contribution in [0.1, 0.15) is 6.92 Å². The molecule has 0 aliphatic rings. The van der Waals surface area contributed by atoms with Gasteiger partial charge < -0.3 is 4.74 Å². The SMILES string of the molecule is COC(C)S(N)(=O)=O.F. The third kappa shape index (κ3) is 4.31. The summed E-state index contributed by atoms with van der Waals surface area (Å²) >= 11 is 0. The molecule has 6 heteroatoms. The Bertz CT molecular complexity index is 154. The van der Waals surface area contributed by atoms with Crippen molar-refractivity contribution in [2.24, 2.45) is 5.14 Å². The Hall–Kier alpha value is -0.200. The second-order valence-electron chi connectivity index (χ2n) is 1.39. The molecule has 0 amide bonds. The summed E-state index contributed by atoms with van der Waals surface area (Å²) in [7, 11) is -2.19. The Morgan fingerprint density at radius 2 is 1.89 bits per heavy atom. The van der Waals surface area contributed by atoms with Crippen LogP contribution in [0, 0.1) is 0 Å². The van der Waals surface area contributed by atoms with Crippen molar-refractivity contribution >= 4 is 10.0 Å². The van der Waals surface area contributed by atoms with Gasteiger partial charge in [0.2, 0.25) is 10.0 Å². The van der Waals surface area contributed by atoms with Crippen molar-refractivity contribution in [3.05, 3.63) is 0 Å². The molecule has 0 aromatic heterocycles. The molecule has 0 fully saturated rings. The molecule has 4 nitrogen and oxygen atoms in total. The molecular weight excluding hydrogens is 149 g/mol. The lowest BCUT2D eigenvalue weighted by Crippen LogP contribution is -2.26. The van der Waals surface area contributed by atoms with Gasteiger partial charge in [-0.2, -0.15) is 0 Å². The number of nitrogens with two attached hydrogens (primary N) is 1. The standard InChI is InChI=1S/C3H9NO3S.FH/c1-3(7-2)8(4,5)6;/h3H,1-2H3,(H2,4,5,6);1H. The predicted octanol–water partition coefficient (Wildman–Crippen LogP) is -0.580. The van der Waals surface area contributed by atoms with E-state index in [4.69, 9.17) is 0 Å². The molecule has 0 spiro atoms. The van der Waals surface area contributed by atoms with E-state index in [1.165, 1.54) is 14.0 Å². The van der Waals surface area contributed by atoms with Crippen molar-refractivity contribution in [3.63, 3.8) is 0 Å². The van der Waals surface area contributed by atoms with Gasteiger partial charge in [-0.3, -0.25) is 4.70 Å². The summed E-state index contributed by atoms with van der Waals surface area (Å²) in [5.74, 6) is 0. The smallest absolute Gasteiger partial charge is 0.235 e. The molecule has 0 aliphatic heterocycles. The van der Waals surface area contributed by atoms with Gasteiger partial charge in [-0.05, 0) is 6.92 Å². The van der Waals surface area contributed by atoms with Crippen molar-refractivity contribution in [2.45, 2.75) is 12.4 Å². The topological polar surface area (TPSA) is 69.4 Å². The van der Waals surface area contributed by atoms with Crippen molar-refractivity contribution in [2.75, 3.05) is 7.11 Å². The number of ether oxygens (including phenoxy) is 1. The van der Waals surface area contributed by atoms with E-state index < -0.39 is 15.5 Å². The molecule has 0 rings (SSSR count). The Morgan fingerprint density at radius 3 is 1.89 bits per heavy atom. The van der Waals surface area contributed by atoms with Crippen molar-refractivity contribution in [1.82, 2.24) is 0 Å². The lowest BCUT2D eigenvalue weighted by Gasteiger charge is -2.03. The monoisotopic (exact) mass is 159 g/mol. The fourth-order valence-electron chi connectivity index (χ4n) is 0.134. The van der Waals surface area contributed by atoms with Crippen molar-refractivity contribution in [1.29, 1.82) is 0 Å². The molecule has 0 aliphatic carbocycles. The molecule has 0 heterocycles. The largest absolute Gasteiger partial charge is 0.364 e. The molecule has 9 heavy (non-hydrogen) atoms. The summed E-state index contributed by atoms with van der Waals surface area (Å²) in [5, 5.41) is 4.64. The highest BCUT2D eigenvalue weighted by Gasteiger charge is 2.12. The van der Waals surface area contributed by atoms with Crippen LogP contribution in [0.4, 0.5) is 4.70 Å². The number of sulfonamides is 1. The maximum Gasteiger partial charge on any atom is 0.235 e. The van der Waals surface area contributed by atoms with Crippen LogP contribution in [-0.2, 0) is 14.8 Å². The molecule has 2 N–H and O–H groups in total. The zero-order chi connectivity index (χ0) is 6.78. The highest BCUT2D eigenvalue weighted by Crippen LogP contribution is 1.91. The van der Waals surface area contributed by atoms with E-state index in [-0.39, 0.29) is 4.70 Å². The molecule has 0 radical (unpaired) electrons. The molecule has 58 valence electrons. The van der Waals surface area contributed by atoms with E-state index in [1.807, 2.05) is 0 Å². The summed E-state index contributed by atoms with van der Waals surface area (Å²) in [6.07, 6.45) is 0. The average Bonchev–Trinajstić information content (AvgIpc) is 1.62. The number of methoxy groups -OCH3 is 1. The van der Waals surface area contributed by atoms with Crippen molar-refractivity contribution < 1.29 is 17.9 Å². The molecule has 0 aromatic rings. The average molecular weight is 159 g/mol. The first kappa shape index (κ1) is 11.6. The van der Waals surface area contributed by atoms with Crippen LogP contribution in [0.15, 0.2) is 0 Å². The molecule has 0 bridgehead atoms. The third-order valence-electron chi connectivity index (χ3n) is 0.795. The van der Waals surface area contributed by atoms with Gasteiger partial charge in [0.1, 0.15) is 0 Å².